The summed E-state index contributed by atoms with van der Waals surface area (Å²) in [5, 5.41) is 3.47. The van der Waals surface area contributed by atoms with E-state index >= 15 is 0 Å². The van der Waals surface area contributed by atoms with Crippen molar-refractivity contribution < 1.29 is 14.2 Å². The van der Waals surface area contributed by atoms with Gasteiger partial charge in [0.25, 0.3) is 0 Å². The lowest BCUT2D eigenvalue weighted by Crippen LogP contribution is -2.24. The quantitative estimate of drug-likeness (QED) is 0.795. The molecule has 0 amide bonds. The third-order valence-electron chi connectivity index (χ3n) is 3.71. The Labute approximate surface area is 122 Å². The molecule has 4 heteroatoms. The molecule has 1 atom stereocenters. The summed E-state index contributed by atoms with van der Waals surface area (Å²) in [5.74, 6) is 3.38. The number of hydrogen-bond acceptors (Lipinski definition) is 4. The van der Waals surface area contributed by atoms with E-state index in [1.807, 2.05) is 12.1 Å². The van der Waals surface area contributed by atoms with E-state index in [1.165, 1.54) is 0 Å². The van der Waals surface area contributed by atoms with Gasteiger partial charge in [0.1, 0.15) is 0 Å². The highest BCUT2D eigenvalue weighted by atomic mass is 16.5. The first-order valence-electron chi connectivity index (χ1n) is 7.03. The van der Waals surface area contributed by atoms with Gasteiger partial charge in [0, 0.05) is 12.1 Å². The highest BCUT2D eigenvalue weighted by Gasteiger charge is 2.15. The average molecular weight is 281 g/mol. The summed E-state index contributed by atoms with van der Waals surface area (Å²) in [5.41, 5.74) is 1.07. The summed E-state index contributed by atoms with van der Waals surface area (Å²) in [6.45, 7) is 8.46. The SMILES string of the molecule is COc1ccc(CNCC(C)C(C)C)c(OC)c1OC. The number of rotatable bonds is 8. The average Bonchev–Trinajstić information content (AvgIpc) is 2.45. The molecule has 114 valence electrons. The second-order valence-electron chi connectivity index (χ2n) is 5.35. The topological polar surface area (TPSA) is 39.7 Å². The van der Waals surface area contributed by atoms with Gasteiger partial charge in [-0.05, 0) is 24.4 Å². The zero-order chi connectivity index (χ0) is 15.1. The van der Waals surface area contributed by atoms with E-state index in [0.717, 1.165) is 24.4 Å². The van der Waals surface area contributed by atoms with Gasteiger partial charge < -0.3 is 19.5 Å². The van der Waals surface area contributed by atoms with E-state index in [0.29, 0.717) is 23.3 Å². The lowest BCUT2D eigenvalue weighted by molar-refractivity contribution is 0.320. The summed E-state index contributed by atoms with van der Waals surface area (Å²) >= 11 is 0. The standard InChI is InChI=1S/C16H27NO3/c1-11(2)12(3)9-17-10-13-7-8-14(18-4)16(20-6)15(13)19-5/h7-8,11-12,17H,9-10H2,1-6H3. The van der Waals surface area contributed by atoms with Crippen molar-refractivity contribution in [3.8, 4) is 17.2 Å². The van der Waals surface area contributed by atoms with E-state index in [4.69, 9.17) is 14.2 Å². The molecule has 0 aliphatic carbocycles. The molecule has 0 bridgehead atoms. The second-order valence-corrected chi connectivity index (χ2v) is 5.35. The highest BCUT2D eigenvalue weighted by molar-refractivity contribution is 5.55. The van der Waals surface area contributed by atoms with E-state index < -0.39 is 0 Å². The molecule has 1 unspecified atom stereocenters. The normalized spacial score (nSPS) is 12.3. The predicted octanol–water partition coefficient (Wildman–Crippen LogP) is 3.09. The van der Waals surface area contributed by atoms with Gasteiger partial charge in [0.2, 0.25) is 5.75 Å². The van der Waals surface area contributed by atoms with Gasteiger partial charge in [0.05, 0.1) is 21.3 Å². The fraction of sp³-hybridized carbons (Fsp3) is 0.625. The monoisotopic (exact) mass is 281 g/mol. The molecule has 20 heavy (non-hydrogen) atoms. The molecule has 1 aromatic rings. The number of methoxy groups -OCH3 is 3. The summed E-state index contributed by atoms with van der Waals surface area (Å²) < 4.78 is 16.1. The maximum Gasteiger partial charge on any atom is 0.203 e. The third kappa shape index (κ3) is 4.04. The molecule has 0 heterocycles. The van der Waals surface area contributed by atoms with Crippen LogP contribution in [-0.4, -0.2) is 27.9 Å². The maximum atomic E-state index is 5.47. The number of nitrogens with one attached hydrogen (secondary N) is 1. The van der Waals surface area contributed by atoms with Crippen LogP contribution in [0.3, 0.4) is 0 Å². The van der Waals surface area contributed by atoms with Crippen LogP contribution >= 0.6 is 0 Å². The van der Waals surface area contributed by atoms with Crippen LogP contribution in [0.1, 0.15) is 26.3 Å². The van der Waals surface area contributed by atoms with Gasteiger partial charge in [-0.3, -0.25) is 0 Å². The summed E-state index contributed by atoms with van der Waals surface area (Å²) in [4.78, 5) is 0. The van der Waals surface area contributed by atoms with Crippen LogP contribution in [0.4, 0.5) is 0 Å². The first-order valence-corrected chi connectivity index (χ1v) is 7.03. The molecular formula is C16H27NO3. The van der Waals surface area contributed by atoms with Gasteiger partial charge in [0.15, 0.2) is 11.5 Å². The zero-order valence-electron chi connectivity index (χ0n) is 13.4. The molecule has 0 radical (unpaired) electrons. The minimum atomic E-state index is 0.640. The second kappa shape index (κ2) is 8.00. The van der Waals surface area contributed by atoms with Gasteiger partial charge in [-0.2, -0.15) is 0 Å². The molecule has 0 aromatic heterocycles. The molecule has 0 saturated heterocycles. The van der Waals surface area contributed by atoms with Crippen molar-refractivity contribution in [3.63, 3.8) is 0 Å². The highest BCUT2D eigenvalue weighted by Crippen LogP contribution is 2.39. The minimum absolute atomic E-state index is 0.640. The van der Waals surface area contributed by atoms with Crippen LogP contribution in [0.2, 0.25) is 0 Å². The molecule has 1 N–H and O–H groups in total. The first-order chi connectivity index (χ1) is 9.54. The van der Waals surface area contributed by atoms with E-state index in [-0.39, 0.29) is 0 Å². The first kappa shape index (κ1) is 16.6. The Balaban J connectivity index is 2.80. The Morgan fingerprint density at radius 1 is 0.950 bits per heavy atom. The molecule has 0 spiro atoms. The van der Waals surface area contributed by atoms with E-state index in [9.17, 15) is 0 Å². The molecule has 0 fully saturated rings. The van der Waals surface area contributed by atoms with Crippen LogP contribution in [0, 0.1) is 11.8 Å². The third-order valence-corrected chi connectivity index (χ3v) is 3.71. The number of ether oxygens (including phenoxy) is 3. The van der Waals surface area contributed by atoms with Crippen molar-refractivity contribution in [2.75, 3.05) is 27.9 Å². The fourth-order valence-corrected chi connectivity index (χ4v) is 1.97. The zero-order valence-corrected chi connectivity index (χ0v) is 13.4. The summed E-state index contributed by atoms with van der Waals surface area (Å²) in [7, 11) is 4.90. The lowest BCUT2D eigenvalue weighted by atomic mass is 9.98. The molecule has 4 nitrogen and oxygen atoms in total. The molecule has 1 aromatic carbocycles. The molecule has 0 saturated carbocycles. The van der Waals surface area contributed by atoms with Gasteiger partial charge in [-0.1, -0.05) is 26.8 Å². The van der Waals surface area contributed by atoms with Crippen LogP contribution in [0.5, 0.6) is 17.2 Å². The number of benzene rings is 1. The van der Waals surface area contributed by atoms with Crippen molar-refractivity contribution in [3.05, 3.63) is 17.7 Å². The van der Waals surface area contributed by atoms with Crippen LogP contribution in [-0.2, 0) is 6.54 Å². The predicted molar refractivity (Wildman–Crippen MR) is 81.8 cm³/mol. The Kier molecular flexibility index (Phi) is 6.65. The largest absolute Gasteiger partial charge is 0.493 e. The van der Waals surface area contributed by atoms with Gasteiger partial charge >= 0.3 is 0 Å². The molecular weight excluding hydrogens is 254 g/mol. The van der Waals surface area contributed by atoms with Crippen molar-refractivity contribution in [1.82, 2.24) is 5.32 Å². The molecule has 0 aliphatic rings. The lowest BCUT2D eigenvalue weighted by Gasteiger charge is -2.18. The van der Waals surface area contributed by atoms with Crippen molar-refractivity contribution >= 4 is 0 Å². The van der Waals surface area contributed by atoms with Gasteiger partial charge in [-0.15, -0.1) is 0 Å². The van der Waals surface area contributed by atoms with Crippen LogP contribution < -0.4 is 19.5 Å². The number of hydrogen-bond donors (Lipinski definition) is 1. The van der Waals surface area contributed by atoms with E-state index in [2.05, 4.69) is 26.1 Å². The smallest absolute Gasteiger partial charge is 0.203 e. The van der Waals surface area contributed by atoms with Crippen LogP contribution in [0.15, 0.2) is 12.1 Å². The molecule has 0 aliphatic heterocycles. The fourth-order valence-electron chi connectivity index (χ4n) is 1.97. The van der Waals surface area contributed by atoms with Gasteiger partial charge in [-0.25, -0.2) is 0 Å². The van der Waals surface area contributed by atoms with Crippen molar-refractivity contribution in [1.29, 1.82) is 0 Å². The Morgan fingerprint density at radius 3 is 2.10 bits per heavy atom. The van der Waals surface area contributed by atoms with Crippen LogP contribution in [0.25, 0.3) is 0 Å². The Morgan fingerprint density at radius 2 is 1.60 bits per heavy atom. The van der Waals surface area contributed by atoms with Crippen molar-refractivity contribution in [2.45, 2.75) is 27.3 Å². The summed E-state index contributed by atoms with van der Waals surface area (Å²) in [6, 6.07) is 3.91. The Hall–Kier alpha value is -1.42. The maximum absolute atomic E-state index is 5.47. The Bertz CT molecular complexity index is 418. The summed E-state index contributed by atoms with van der Waals surface area (Å²) in [6.07, 6.45) is 0. The molecule has 1 rings (SSSR count). The minimum Gasteiger partial charge on any atom is -0.493 e. The van der Waals surface area contributed by atoms with Crippen molar-refractivity contribution in [2.24, 2.45) is 11.8 Å². The van der Waals surface area contributed by atoms with E-state index in [1.54, 1.807) is 21.3 Å².